The van der Waals surface area contributed by atoms with E-state index in [9.17, 15) is 9.59 Å². The number of anilines is 1. The SMILES string of the molecule is O=C(/C=C/c1ccc(-c2csc(NC(=O)C3CCNCC3)n2)cc1)NO. The van der Waals surface area contributed by atoms with Gasteiger partial charge in [-0.15, -0.1) is 11.3 Å². The highest BCUT2D eigenvalue weighted by Crippen LogP contribution is 2.26. The number of aromatic nitrogens is 1. The molecule has 0 unspecified atom stereocenters. The summed E-state index contributed by atoms with van der Waals surface area (Å²) in [5.74, 6) is -0.497. The summed E-state index contributed by atoms with van der Waals surface area (Å²) < 4.78 is 0. The van der Waals surface area contributed by atoms with Crippen molar-refractivity contribution in [1.29, 1.82) is 0 Å². The van der Waals surface area contributed by atoms with Crippen molar-refractivity contribution >= 4 is 34.4 Å². The third-order valence-electron chi connectivity index (χ3n) is 4.19. The number of hydrogen-bond acceptors (Lipinski definition) is 6. The maximum atomic E-state index is 12.3. The summed E-state index contributed by atoms with van der Waals surface area (Å²) in [6, 6.07) is 7.49. The number of nitrogens with one attached hydrogen (secondary N) is 3. The molecular weight excluding hydrogens is 352 g/mol. The molecule has 2 amide bonds. The van der Waals surface area contributed by atoms with Gasteiger partial charge in [0, 0.05) is 22.9 Å². The molecule has 4 N–H and O–H groups in total. The number of rotatable bonds is 5. The first-order chi connectivity index (χ1) is 12.7. The minimum atomic E-state index is -0.581. The summed E-state index contributed by atoms with van der Waals surface area (Å²) in [5, 5.41) is 17.1. The van der Waals surface area contributed by atoms with Crippen LogP contribution in [0.1, 0.15) is 18.4 Å². The molecule has 136 valence electrons. The molecule has 7 nitrogen and oxygen atoms in total. The Morgan fingerprint density at radius 1 is 1.23 bits per heavy atom. The van der Waals surface area contributed by atoms with Gasteiger partial charge in [-0.25, -0.2) is 10.5 Å². The highest BCUT2D eigenvalue weighted by atomic mass is 32.1. The number of nitrogens with zero attached hydrogens (tertiary/aromatic N) is 1. The van der Waals surface area contributed by atoms with Crippen LogP contribution in [0.3, 0.4) is 0 Å². The van der Waals surface area contributed by atoms with E-state index in [1.807, 2.05) is 29.6 Å². The van der Waals surface area contributed by atoms with Crippen LogP contribution in [0, 0.1) is 5.92 Å². The number of hydroxylamine groups is 1. The lowest BCUT2D eigenvalue weighted by atomic mass is 9.97. The largest absolute Gasteiger partial charge is 0.317 e. The number of carbonyl (C=O) groups excluding carboxylic acids is 2. The van der Waals surface area contributed by atoms with Crippen LogP contribution in [-0.2, 0) is 9.59 Å². The Morgan fingerprint density at radius 3 is 2.65 bits per heavy atom. The maximum absolute atomic E-state index is 12.3. The Bertz CT molecular complexity index is 795. The van der Waals surface area contributed by atoms with E-state index in [0.29, 0.717) is 5.13 Å². The van der Waals surface area contributed by atoms with Gasteiger partial charge in [-0.2, -0.15) is 0 Å². The number of hydrogen-bond donors (Lipinski definition) is 4. The van der Waals surface area contributed by atoms with E-state index in [2.05, 4.69) is 15.6 Å². The number of piperidine rings is 1. The zero-order chi connectivity index (χ0) is 18.4. The summed E-state index contributed by atoms with van der Waals surface area (Å²) in [6.45, 7) is 1.75. The predicted octanol–water partition coefficient (Wildman–Crippen LogP) is 2.27. The summed E-state index contributed by atoms with van der Waals surface area (Å²) in [5.41, 5.74) is 4.08. The molecule has 2 heterocycles. The van der Waals surface area contributed by atoms with Crippen molar-refractivity contribution in [2.75, 3.05) is 18.4 Å². The van der Waals surface area contributed by atoms with Crippen LogP contribution >= 0.6 is 11.3 Å². The first-order valence-electron chi connectivity index (χ1n) is 8.35. The molecule has 1 aromatic heterocycles. The maximum Gasteiger partial charge on any atom is 0.267 e. The Hall–Kier alpha value is -2.55. The van der Waals surface area contributed by atoms with Crippen LogP contribution < -0.4 is 16.1 Å². The highest BCUT2D eigenvalue weighted by molar-refractivity contribution is 7.14. The lowest BCUT2D eigenvalue weighted by Crippen LogP contribution is -2.34. The van der Waals surface area contributed by atoms with Crippen molar-refractivity contribution in [3.63, 3.8) is 0 Å². The van der Waals surface area contributed by atoms with Gasteiger partial charge in [-0.3, -0.25) is 14.8 Å². The molecule has 2 aromatic rings. The molecule has 0 bridgehead atoms. The Morgan fingerprint density at radius 2 is 1.96 bits per heavy atom. The number of benzene rings is 1. The van der Waals surface area contributed by atoms with Crippen LogP contribution in [0.25, 0.3) is 17.3 Å². The molecule has 3 rings (SSSR count). The number of carbonyl (C=O) groups is 2. The summed E-state index contributed by atoms with van der Waals surface area (Å²) in [7, 11) is 0. The zero-order valence-corrected chi connectivity index (χ0v) is 14.9. The van der Waals surface area contributed by atoms with Crippen LogP contribution in [-0.4, -0.2) is 35.1 Å². The fraction of sp³-hybridized carbons (Fsp3) is 0.278. The van der Waals surface area contributed by atoms with Gasteiger partial charge in [0.15, 0.2) is 5.13 Å². The van der Waals surface area contributed by atoms with Crippen molar-refractivity contribution < 1.29 is 14.8 Å². The van der Waals surface area contributed by atoms with Crippen molar-refractivity contribution in [3.05, 3.63) is 41.3 Å². The monoisotopic (exact) mass is 372 g/mol. The minimum absolute atomic E-state index is 0.0371. The van der Waals surface area contributed by atoms with Crippen LogP contribution in [0.5, 0.6) is 0 Å². The van der Waals surface area contributed by atoms with Gasteiger partial charge in [0.1, 0.15) is 0 Å². The second kappa shape index (κ2) is 8.70. The van der Waals surface area contributed by atoms with Gasteiger partial charge in [0.05, 0.1) is 5.69 Å². The second-order valence-electron chi connectivity index (χ2n) is 5.98. The molecule has 1 fully saturated rings. The van der Waals surface area contributed by atoms with E-state index in [4.69, 9.17) is 5.21 Å². The van der Waals surface area contributed by atoms with Gasteiger partial charge in [-0.1, -0.05) is 24.3 Å². The predicted molar refractivity (Wildman–Crippen MR) is 101 cm³/mol. The fourth-order valence-corrected chi connectivity index (χ4v) is 3.45. The second-order valence-corrected chi connectivity index (χ2v) is 6.84. The Balaban J connectivity index is 1.62. The molecule has 0 radical (unpaired) electrons. The molecule has 1 saturated heterocycles. The number of amides is 2. The summed E-state index contributed by atoms with van der Waals surface area (Å²) in [4.78, 5) is 27.8. The Labute approximate surface area is 155 Å². The van der Waals surface area contributed by atoms with Crippen LogP contribution in [0.15, 0.2) is 35.7 Å². The van der Waals surface area contributed by atoms with Crippen LogP contribution in [0.2, 0.25) is 0 Å². The van der Waals surface area contributed by atoms with Gasteiger partial charge >= 0.3 is 0 Å². The average Bonchev–Trinajstić information content (AvgIpc) is 3.15. The highest BCUT2D eigenvalue weighted by Gasteiger charge is 2.21. The molecule has 0 atom stereocenters. The molecule has 1 aliphatic heterocycles. The molecule has 1 aromatic carbocycles. The number of thiazole rings is 1. The van der Waals surface area contributed by atoms with E-state index in [1.54, 1.807) is 11.6 Å². The van der Waals surface area contributed by atoms with Gasteiger partial charge in [0.25, 0.3) is 5.91 Å². The molecule has 1 aliphatic rings. The lowest BCUT2D eigenvalue weighted by Gasteiger charge is -2.20. The van der Waals surface area contributed by atoms with E-state index in [0.717, 1.165) is 42.8 Å². The van der Waals surface area contributed by atoms with Gasteiger partial charge in [-0.05, 0) is 37.6 Å². The van der Waals surface area contributed by atoms with E-state index in [-0.39, 0.29) is 11.8 Å². The van der Waals surface area contributed by atoms with Crippen molar-refractivity contribution in [2.45, 2.75) is 12.8 Å². The van der Waals surface area contributed by atoms with Crippen LogP contribution in [0.4, 0.5) is 5.13 Å². The summed E-state index contributed by atoms with van der Waals surface area (Å²) in [6.07, 6.45) is 4.55. The van der Waals surface area contributed by atoms with Crippen molar-refractivity contribution in [2.24, 2.45) is 5.92 Å². The quantitative estimate of drug-likeness (QED) is 0.366. The third kappa shape index (κ3) is 4.75. The van der Waals surface area contributed by atoms with Gasteiger partial charge in [0.2, 0.25) is 5.91 Å². The topological polar surface area (TPSA) is 103 Å². The fourth-order valence-electron chi connectivity index (χ4n) is 2.73. The minimum Gasteiger partial charge on any atom is -0.317 e. The molecule has 26 heavy (non-hydrogen) atoms. The first-order valence-corrected chi connectivity index (χ1v) is 9.23. The third-order valence-corrected chi connectivity index (χ3v) is 4.95. The molecule has 0 aliphatic carbocycles. The standard InChI is InChI=1S/C18H20N4O3S/c23-16(22-25)6-3-12-1-4-13(5-2-12)15-11-26-18(20-15)21-17(24)14-7-9-19-10-8-14/h1-6,11,14,19,25H,7-10H2,(H,22,23)(H,20,21,24)/b6-3+. The zero-order valence-electron chi connectivity index (χ0n) is 14.1. The van der Waals surface area contributed by atoms with Crippen molar-refractivity contribution in [3.8, 4) is 11.3 Å². The lowest BCUT2D eigenvalue weighted by molar-refractivity contribution is -0.124. The average molecular weight is 372 g/mol. The Kier molecular flexibility index (Phi) is 6.11. The van der Waals surface area contributed by atoms with E-state index in [1.165, 1.54) is 17.4 Å². The molecule has 8 heteroatoms. The molecular formula is C18H20N4O3S. The smallest absolute Gasteiger partial charge is 0.267 e. The molecule has 0 spiro atoms. The van der Waals surface area contributed by atoms with Crippen molar-refractivity contribution in [1.82, 2.24) is 15.8 Å². The first kappa shape index (κ1) is 18.2. The molecule has 0 saturated carbocycles. The van der Waals surface area contributed by atoms with E-state index >= 15 is 0 Å². The van der Waals surface area contributed by atoms with Gasteiger partial charge < -0.3 is 10.6 Å². The normalized spacial score (nSPS) is 15.1. The van der Waals surface area contributed by atoms with E-state index < -0.39 is 5.91 Å². The summed E-state index contributed by atoms with van der Waals surface area (Å²) >= 11 is 1.40.